The molecule has 0 aromatic heterocycles. The van der Waals surface area contributed by atoms with Crippen LogP contribution in [0.3, 0.4) is 0 Å². The molecule has 1 atom stereocenters. The van der Waals surface area contributed by atoms with Gasteiger partial charge in [0.15, 0.2) is 0 Å². The number of aliphatic hydroxyl groups is 1. The summed E-state index contributed by atoms with van der Waals surface area (Å²) in [5.41, 5.74) is 2.29. The summed E-state index contributed by atoms with van der Waals surface area (Å²) in [5, 5.41) is 10.3. The summed E-state index contributed by atoms with van der Waals surface area (Å²) in [6.07, 6.45) is 5.96. The zero-order chi connectivity index (χ0) is 13.0. The molecule has 0 spiro atoms. The van der Waals surface area contributed by atoms with Crippen molar-refractivity contribution in [1.29, 1.82) is 0 Å². The van der Waals surface area contributed by atoms with Gasteiger partial charge in [0.2, 0.25) is 0 Å². The molecule has 1 aromatic rings. The number of ether oxygens (including phenoxy) is 1. The molecule has 2 nitrogen and oxygen atoms in total. The van der Waals surface area contributed by atoms with Crippen molar-refractivity contribution in [1.82, 2.24) is 0 Å². The van der Waals surface area contributed by atoms with Gasteiger partial charge in [-0.1, -0.05) is 37.6 Å². The summed E-state index contributed by atoms with van der Waals surface area (Å²) in [6, 6.07) is 8.36. The van der Waals surface area contributed by atoms with E-state index in [0.717, 1.165) is 37.7 Å². The molecule has 1 aromatic carbocycles. The van der Waals surface area contributed by atoms with E-state index in [4.69, 9.17) is 4.74 Å². The van der Waals surface area contributed by atoms with Crippen LogP contribution < -0.4 is 0 Å². The van der Waals surface area contributed by atoms with Gasteiger partial charge in [-0.15, -0.1) is 0 Å². The fraction of sp³-hybridized carbons (Fsp3) is 0.625. The molecule has 0 radical (unpaired) electrons. The predicted octanol–water partition coefficient (Wildman–Crippen LogP) is 3.63. The van der Waals surface area contributed by atoms with Gasteiger partial charge in [0.1, 0.15) is 0 Å². The summed E-state index contributed by atoms with van der Waals surface area (Å²) in [5.74, 6) is 0. The maximum atomic E-state index is 10.3. The molecule has 0 bridgehead atoms. The van der Waals surface area contributed by atoms with E-state index in [1.165, 1.54) is 12.0 Å². The van der Waals surface area contributed by atoms with E-state index >= 15 is 0 Å². The predicted molar refractivity (Wildman–Crippen MR) is 73.6 cm³/mol. The van der Waals surface area contributed by atoms with Gasteiger partial charge in [-0.3, -0.25) is 0 Å². The number of aryl methyl sites for hydroxylation is 1. The molecule has 0 heterocycles. The molecule has 0 aliphatic heterocycles. The summed E-state index contributed by atoms with van der Waals surface area (Å²) < 4.78 is 5.57. The first-order valence-electron chi connectivity index (χ1n) is 7.01. The topological polar surface area (TPSA) is 29.5 Å². The molecule has 1 aliphatic carbocycles. The molecule has 1 unspecified atom stereocenters. The van der Waals surface area contributed by atoms with Crippen LogP contribution in [0.25, 0.3) is 0 Å². The van der Waals surface area contributed by atoms with Crippen LogP contribution in [0.1, 0.15) is 56.3 Å². The van der Waals surface area contributed by atoms with Crippen LogP contribution in [-0.2, 0) is 11.2 Å². The van der Waals surface area contributed by atoms with Gasteiger partial charge in [0.25, 0.3) is 0 Å². The monoisotopic (exact) mass is 248 g/mol. The Morgan fingerprint density at radius 3 is 2.39 bits per heavy atom. The molecule has 1 fully saturated rings. The number of hydrogen-bond donors (Lipinski definition) is 1. The Hall–Kier alpha value is -0.860. The summed E-state index contributed by atoms with van der Waals surface area (Å²) in [7, 11) is 1.76. The van der Waals surface area contributed by atoms with Crippen molar-refractivity contribution in [3.63, 3.8) is 0 Å². The Morgan fingerprint density at radius 2 is 1.94 bits per heavy atom. The van der Waals surface area contributed by atoms with Gasteiger partial charge < -0.3 is 9.84 Å². The smallest absolute Gasteiger partial charge is 0.0817 e. The lowest BCUT2D eigenvalue weighted by molar-refractivity contribution is -0.0999. The molecule has 2 rings (SSSR count). The SMILES string of the molecule is CCCc1ccc(C(O)CC2(OC)CCC2)cc1. The Balaban J connectivity index is 1.97. The van der Waals surface area contributed by atoms with Gasteiger partial charge in [-0.25, -0.2) is 0 Å². The Kier molecular flexibility index (Phi) is 4.41. The molecular formula is C16H24O2. The number of aliphatic hydroxyl groups excluding tert-OH is 1. The van der Waals surface area contributed by atoms with Gasteiger partial charge in [-0.05, 0) is 36.8 Å². The van der Waals surface area contributed by atoms with Gasteiger partial charge >= 0.3 is 0 Å². The fourth-order valence-electron chi connectivity index (χ4n) is 2.73. The molecule has 100 valence electrons. The molecule has 0 amide bonds. The number of rotatable bonds is 6. The maximum absolute atomic E-state index is 10.3. The summed E-state index contributed by atoms with van der Waals surface area (Å²) >= 11 is 0. The van der Waals surface area contributed by atoms with E-state index in [9.17, 15) is 5.11 Å². The highest BCUT2D eigenvalue weighted by Crippen LogP contribution is 2.41. The minimum absolute atomic E-state index is 0.0679. The van der Waals surface area contributed by atoms with Gasteiger partial charge in [-0.2, -0.15) is 0 Å². The van der Waals surface area contributed by atoms with Crippen LogP contribution in [0.2, 0.25) is 0 Å². The van der Waals surface area contributed by atoms with E-state index in [2.05, 4.69) is 31.2 Å². The second-order valence-electron chi connectivity index (χ2n) is 5.45. The van der Waals surface area contributed by atoms with Crippen molar-refractivity contribution in [2.75, 3.05) is 7.11 Å². The first-order valence-corrected chi connectivity index (χ1v) is 7.01. The Labute approximate surface area is 110 Å². The second kappa shape index (κ2) is 5.85. The van der Waals surface area contributed by atoms with Crippen molar-refractivity contribution in [2.45, 2.75) is 57.2 Å². The van der Waals surface area contributed by atoms with Crippen molar-refractivity contribution in [3.8, 4) is 0 Å². The van der Waals surface area contributed by atoms with E-state index < -0.39 is 6.10 Å². The van der Waals surface area contributed by atoms with E-state index in [1.54, 1.807) is 7.11 Å². The Morgan fingerprint density at radius 1 is 1.28 bits per heavy atom. The molecule has 1 saturated carbocycles. The lowest BCUT2D eigenvalue weighted by Crippen LogP contribution is -2.40. The number of benzene rings is 1. The second-order valence-corrected chi connectivity index (χ2v) is 5.45. The third-order valence-corrected chi connectivity index (χ3v) is 4.17. The fourth-order valence-corrected chi connectivity index (χ4v) is 2.73. The summed E-state index contributed by atoms with van der Waals surface area (Å²) in [6.45, 7) is 2.18. The number of methoxy groups -OCH3 is 1. The number of hydrogen-bond acceptors (Lipinski definition) is 2. The highest BCUT2D eigenvalue weighted by Gasteiger charge is 2.38. The zero-order valence-corrected chi connectivity index (χ0v) is 11.5. The standard InChI is InChI=1S/C16H24O2/c1-3-5-13-6-8-14(9-7-13)15(17)12-16(18-2)10-4-11-16/h6-9,15,17H,3-5,10-12H2,1-2H3. The van der Waals surface area contributed by atoms with E-state index in [1.807, 2.05) is 0 Å². The molecule has 2 heteroatoms. The van der Waals surface area contributed by atoms with E-state index in [0.29, 0.717) is 0 Å². The largest absolute Gasteiger partial charge is 0.388 e. The maximum Gasteiger partial charge on any atom is 0.0817 e. The van der Waals surface area contributed by atoms with Crippen molar-refractivity contribution in [3.05, 3.63) is 35.4 Å². The molecule has 0 saturated heterocycles. The molecule has 1 aliphatic rings. The highest BCUT2D eigenvalue weighted by molar-refractivity contribution is 5.24. The molecular weight excluding hydrogens is 224 g/mol. The van der Waals surface area contributed by atoms with Crippen molar-refractivity contribution in [2.24, 2.45) is 0 Å². The third kappa shape index (κ3) is 2.93. The minimum Gasteiger partial charge on any atom is -0.388 e. The van der Waals surface area contributed by atoms with Crippen molar-refractivity contribution < 1.29 is 9.84 Å². The van der Waals surface area contributed by atoms with Crippen LogP contribution in [0.5, 0.6) is 0 Å². The zero-order valence-electron chi connectivity index (χ0n) is 11.5. The summed E-state index contributed by atoms with van der Waals surface area (Å²) in [4.78, 5) is 0. The van der Waals surface area contributed by atoms with Crippen LogP contribution in [0.4, 0.5) is 0 Å². The van der Waals surface area contributed by atoms with Crippen molar-refractivity contribution >= 4 is 0 Å². The average molecular weight is 248 g/mol. The normalized spacial score (nSPS) is 19.3. The van der Waals surface area contributed by atoms with Crippen LogP contribution in [0, 0.1) is 0 Å². The highest BCUT2D eigenvalue weighted by atomic mass is 16.5. The average Bonchev–Trinajstić information content (AvgIpc) is 2.35. The Bertz CT molecular complexity index is 360. The molecule has 18 heavy (non-hydrogen) atoms. The van der Waals surface area contributed by atoms with E-state index in [-0.39, 0.29) is 5.60 Å². The first kappa shape index (κ1) is 13.6. The molecule has 1 N–H and O–H groups in total. The lowest BCUT2D eigenvalue weighted by Gasteiger charge is -2.41. The first-order chi connectivity index (χ1) is 8.69. The minimum atomic E-state index is -0.402. The van der Waals surface area contributed by atoms with Gasteiger partial charge in [0.05, 0.1) is 11.7 Å². The van der Waals surface area contributed by atoms with Gasteiger partial charge in [0, 0.05) is 13.5 Å². The quantitative estimate of drug-likeness (QED) is 0.833. The van der Waals surface area contributed by atoms with Crippen LogP contribution >= 0.6 is 0 Å². The van der Waals surface area contributed by atoms with Crippen LogP contribution in [-0.4, -0.2) is 17.8 Å². The third-order valence-electron chi connectivity index (χ3n) is 4.17. The van der Waals surface area contributed by atoms with Crippen LogP contribution in [0.15, 0.2) is 24.3 Å². The lowest BCUT2D eigenvalue weighted by atomic mass is 9.75.